The summed E-state index contributed by atoms with van der Waals surface area (Å²) in [6.45, 7) is 0.632. The third-order valence-corrected chi connectivity index (χ3v) is 3.82. The molecule has 1 atom stereocenters. The van der Waals surface area contributed by atoms with Crippen LogP contribution in [0.5, 0.6) is 0 Å². The van der Waals surface area contributed by atoms with Crippen molar-refractivity contribution in [3.8, 4) is 0 Å². The van der Waals surface area contributed by atoms with E-state index in [9.17, 15) is 9.59 Å². The Hall–Kier alpha value is -1.11. The molecule has 0 radical (unpaired) electrons. The van der Waals surface area contributed by atoms with E-state index in [0.717, 1.165) is 0 Å². The lowest BCUT2D eigenvalue weighted by Crippen LogP contribution is -2.52. The number of aliphatic carboxylic acids is 1. The summed E-state index contributed by atoms with van der Waals surface area (Å²) in [6.07, 6.45) is 0. The summed E-state index contributed by atoms with van der Waals surface area (Å²) < 4.78 is 5.07. The average Bonchev–Trinajstić information content (AvgIpc) is 2.74. The van der Waals surface area contributed by atoms with Crippen LogP contribution in [0.1, 0.15) is 9.67 Å². The molecular formula is C10H10ClNO4S. The van der Waals surface area contributed by atoms with Crippen LogP contribution >= 0.6 is 22.9 Å². The van der Waals surface area contributed by atoms with Crippen molar-refractivity contribution in [2.75, 3.05) is 19.8 Å². The van der Waals surface area contributed by atoms with E-state index in [-0.39, 0.29) is 19.1 Å². The summed E-state index contributed by atoms with van der Waals surface area (Å²) in [4.78, 5) is 24.8. The quantitative estimate of drug-likeness (QED) is 0.884. The van der Waals surface area contributed by atoms with Crippen molar-refractivity contribution >= 4 is 34.8 Å². The highest BCUT2D eigenvalue weighted by Crippen LogP contribution is 2.25. The highest BCUT2D eigenvalue weighted by Gasteiger charge is 2.34. The lowest BCUT2D eigenvalue weighted by atomic mass is 10.2. The van der Waals surface area contributed by atoms with Crippen molar-refractivity contribution in [1.29, 1.82) is 0 Å². The summed E-state index contributed by atoms with van der Waals surface area (Å²) in [5.74, 6) is -1.41. The Kier molecular flexibility index (Phi) is 3.66. The van der Waals surface area contributed by atoms with E-state index in [2.05, 4.69) is 0 Å². The molecule has 1 unspecified atom stereocenters. The third kappa shape index (κ3) is 2.43. The Balaban J connectivity index is 2.23. The third-order valence-electron chi connectivity index (χ3n) is 2.49. The van der Waals surface area contributed by atoms with Crippen LogP contribution in [0.2, 0.25) is 5.02 Å². The molecule has 1 N–H and O–H groups in total. The van der Waals surface area contributed by atoms with Crippen LogP contribution < -0.4 is 0 Å². The van der Waals surface area contributed by atoms with Gasteiger partial charge in [0.25, 0.3) is 5.91 Å². The Morgan fingerprint density at radius 2 is 2.35 bits per heavy atom. The molecule has 1 aliphatic heterocycles. The lowest BCUT2D eigenvalue weighted by molar-refractivity contribution is -0.147. The Labute approximate surface area is 107 Å². The number of nitrogens with zero attached hydrogens (tertiary/aromatic N) is 1. The molecule has 1 aliphatic rings. The normalized spacial score (nSPS) is 20.3. The zero-order chi connectivity index (χ0) is 12.4. The smallest absolute Gasteiger partial charge is 0.328 e. The maximum absolute atomic E-state index is 12.1. The first kappa shape index (κ1) is 12.3. The first-order valence-corrected chi connectivity index (χ1v) is 6.21. The van der Waals surface area contributed by atoms with Crippen LogP contribution in [0, 0.1) is 0 Å². The van der Waals surface area contributed by atoms with Gasteiger partial charge in [0, 0.05) is 6.54 Å². The molecule has 0 aliphatic carbocycles. The molecule has 1 aromatic rings. The van der Waals surface area contributed by atoms with Crippen molar-refractivity contribution in [2.45, 2.75) is 6.04 Å². The highest BCUT2D eigenvalue weighted by molar-refractivity contribution is 7.12. The van der Waals surface area contributed by atoms with Crippen LogP contribution in [0.25, 0.3) is 0 Å². The fourth-order valence-electron chi connectivity index (χ4n) is 1.63. The van der Waals surface area contributed by atoms with Gasteiger partial charge in [0.2, 0.25) is 0 Å². The number of carbonyl (C=O) groups is 2. The zero-order valence-electron chi connectivity index (χ0n) is 8.76. The number of carboxylic acids is 1. The molecule has 1 aromatic heterocycles. The number of carboxylic acid groups (broad SMARTS) is 1. The molecule has 1 saturated heterocycles. The maximum Gasteiger partial charge on any atom is 0.328 e. The number of carbonyl (C=O) groups excluding carboxylic acids is 1. The van der Waals surface area contributed by atoms with Crippen molar-refractivity contribution < 1.29 is 19.4 Å². The highest BCUT2D eigenvalue weighted by atomic mass is 35.5. The van der Waals surface area contributed by atoms with Crippen LogP contribution in [-0.2, 0) is 9.53 Å². The van der Waals surface area contributed by atoms with Gasteiger partial charge >= 0.3 is 5.97 Å². The molecule has 1 amide bonds. The Morgan fingerprint density at radius 3 is 2.94 bits per heavy atom. The second-order valence-electron chi connectivity index (χ2n) is 3.53. The minimum atomic E-state index is -1.06. The van der Waals surface area contributed by atoms with E-state index >= 15 is 0 Å². The molecule has 7 heteroatoms. The predicted octanol–water partition coefficient (Wildman–Crippen LogP) is 1.33. The van der Waals surface area contributed by atoms with Crippen molar-refractivity contribution in [2.24, 2.45) is 0 Å². The number of amides is 1. The summed E-state index contributed by atoms with van der Waals surface area (Å²) in [5, 5.41) is 11.1. The topological polar surface area (TPSA) is 66.8 Å². The van der Waals surface area contributed by atoms with Gasteiger partial charge in [-0.1, -0.05) is 11.6 Å². The van der Waals surface area contributed by atoms with Gasteiger partial charge in [-0.2, -0.15) is 0 Å². The van der Waals surface area contributed by atoms with Crippen LogP contribution in [0.3, 0.4) is 0 Å². The summed E-state index contributed by atoms with van der Waals surface area (Å²) >= 11 is 7.07. The van der Waals surface area contributed by atoms with E-state index < -0.39 is 12.0 Å². The number of hydrogen-bond acceptors (Lipinski definition) is 4. The Bertz CT molecular complexity index is 447. The lowest BCUT2D eigenvalue weighted by Gasteiger charge is -2.32. The standard InChI is InChI=1S/C10H10ClNO4S/c11-6-1-4-17-8(6)9(13)12-2-3-16-5-7(12)10(14)15/h1,4,7H,2-3,5H2,(H,14,15). The number of halogens is 1. The first-order valence-electron chi connectivity index (χ1n) is 4.95. The van der Waals surface area contributed by atoms with Gasteiger partial charge in [0.1, 0.15) is 4.88 Å². The number of hydrogen-bond donors (Lipinski definition) is 1. The van der Waals surface area contributed by atoms with Gasteiger partial charge in [-0.05, 0) is 11.4 Å². The zero-order valence-corrected chi connectivity index (χ0v) is 10.3. The fourth-order valence-corrected chi connectivity index (χ4v) is 2.72. The molecular weight excluding hydrogens is 266 g/mol. The molecule has 5 nitrogen and oxygen atoms in total. The molecule has 2 rings (SSSR count). The van der Waals surface area contributed by atoms with Crippen molar-refractivity contribution in [3.63, 3.8) is 0 Å². The fraction of sp³-hybridized carbons (Fsp3) is 0.400. The van der Waals surface area contributed by atoms with Crippen molar-refractivity contribution in [3.05, 3.63) is 21.3 Å². The molecule has 1 fully saturated rings. The van der Waals surface area contributed by atoms with E-state index in [1.54, 1.807) is 11.4 Å². The number of thiophene rings is 1. The minimum Gasteiger partial charge on any atom is -0.480 e. The molecule has 0 aromatic carbocycles. The summed E-state index contributed by atoms with van der Waals surface area (Å²) in [5.41, 5.74) is 0. The average molecular weight is 276 g/mol. The molecule has 0 bridgehead atoms. The monoisotopic (exact) mass is 275 g/mol. The Morgan fingerprint density at radius 1 is 1.59 bits per heavy atom. The van der Waals surface area contributed by atoms with Gasteiger partial charge in [-0.25, -0.2) is 4.79 Å². The molecule has 0 spiro atoms. The summed E-state index contributed by atoms with van der Waals surface area (Å²) in [7, 11) is 0. The van der Waals surface area contributed by atoms with Crippen molar-refractivity contribution in [1.82, 2.24) is 4.90 Å². The molecule has 92 valence electrons. The largest absolute Gasteiger partial charge is 0.480 e. The second-order valence-corrected chi connectivity index (χ2v) is 4.85. The molecule has 17 heavy (non-hydrogen) atoms. The van der Waals surface area contributed by atoms with E-state index in [1.165, 1.54) is 16.2 Å². The van der Waals surface area contributed by atoms with Gasteiger partial charge in [0.15, 0.2) is 6.04 Å². The van der Waals surface area contributed by atoms with Gasteiger partial charge in [0.05, 0.1) is 18.2 Å². The number of rotatable bonds is 2. The molecule has 2 heterocycles. The second kappa shape index (κ2) is 5.03. The maximum atomic E-state index is 12.1. The number of morpholine rings is 1. The summed E-state index contributed by atoms with van der Waals surface area (Å²) in [6, 6.07) is 0.685. The molecule has 0 saturated carbocycles. The minimum absolute atomic E-state index is 0.0179. The SMILES string of the molecule is O=C(O)C1COCCN1C(=O)c1sccc1Cl. The number of ether oxygens (including phenoxy) is 1. The van der Waals surface area contributed by atoms with Crippen LogP contribution in [0.4, 0.5) is 0 Å². The van der Waals surface area contributed by atoms with Gasteiger partial charge in [-0.3, -0.25) is 4.79 Å². The van der Waals surface area contributed by atoms with Crippen LogP contribution in [-0.4, -0.2) is 47.7 Å². The van der Waals surface area contributed by atoms with Gasteiger partial charge in [-0.15, -0.1) is 11.3 Å². The predicted molar refractivity (Wildman–Crippen MR) is 62.6 cm³/mol. The van der Waals surface area contributed by atoms with Gasteiger partial charge < -0.3 is 14.7 Å². The van der Waals surface area contributed by atoms with E-state index in [1.807, 2.05) is 0 Å². The first-order chi connectivity index (χ1) is 8.11. The van der Waals surface area contributed by atoms with E-state index in [0.29, 0.717) is 16.5 Å². The van der Waals surface area contributed by atoms with E-state index in [4.69, 9.17) is 21.4 Å². The van der Waals surface area contributed by atoms with Crippen LogP contribution in [0.15, 0.2) is 11.4 Å².